The van der Waals surface area contributed by atoms with Gasteiger partial charge in [-0.3, -0.25) is 4.79 Å². The Bertz CT molecular complexity index is 792. The third-order valence-electron chi connectivity index (χ3n) is 4.82. The van der Waals surface area contributed by atoms with E-state index in [1.165, 1.54) is 0 Å². The Labute approximate surface area is 145 Å². The third-order valence-corrected chi connectivity index (χ3v) is 4.82. The van der Waals surface area contributed by atoms with Gasteiger partial charge in [-0.15, -0.1) is 5.10 Å². The molecule has 0 atom stereocenters. The number of carbonyl (C=O) groups excluding carboxylic acids is 1. The lowest BCUT2D eigenvalue weighted by atomic mass is 9.91. The minimum atomic E-state index is -0.853. The molecule has 4 rings (SSSR count). The van der Waals surface area contributed by atoms with Crippen molar-refractivity contribution in [1.29, 1.82) is 0 Å². The quantitative estimate of drug-likeness (QED) is 0.905. The van der Waals surface area contributed by atoms with E-state index in [9.17, 15) is 9.90 Å². The Morgan fingerprint density at radius 3 is 2.84 bits per heavy atom. The van der Waals surface area contributed by atoms with E-state index in [2.05, 4.69) is 10.3 Å². The maximum Gasteiger partial charge on any atom is 0.253 e. The van der Waals surface area contributed by atoms with Crippen LogP contribution in [0.3, 0.4) is 0 Å². The molecule has 7 heteroatoms. The molecule has 2 aliphatic heterocycles. The first kappa shape index (κ1) is 15.8. The number of carbonyl (C=O) groups is 1. The van der Waals surface area contributed by atoms with E-state index < -0.39 is 5.60 Å². The first-order valence-corrected chi connectivity index (χ1v) is 8.41. The zero-order valence-electron chi connectivity index (χ0n) is 13.8. The highest BCUT2D eigenvalue weighted by Gasteiger charge is 2.35. The first-order chi connectivity index (χ1) is 12.1. The Morgan fingerprint density at radius 1 is 1.28 bits per heavy atom. The van der Waals surface area contributed by atoms with Crippen LogP contribution in [0.25, 0.3) is 6.08 Å². The summed E-state index contributed by atoms with van der Waals surface area (Å²) in [5.74, 6) is 0.789. The molecule has 0 spiro atoms. The van der Waals surface area contributed by atoms with Crippen LogP contribution >= 0.6 is 0 Å². The van der Waals surface area contributed by atoms with Crippen LogP contribution in [-0.2, 0) is 11.3 Å². The normalized spacial score (nSPS) is 18.9. The summed E-state index contributed by atoms with van der Waals surface area (Å²) >= 11 is 0. The Hall–Kier alpha value is -2.67. The minimum Gasteiger partial charge on any atom is -0.488 e. The highest BCUT2D eigenvalue weighted by molar-refractivity contribution is 5.99. The van der Waals surface area contributed by atoms with Gasteiger partial charge in [0.25, 0.3) is 5.91 Å². The van der Waals surface area contributed by atoms with Gasteiger partial charge >= 0.3 is 0 Å². The van der Waals surface area contributed by atoms with Crippen LogP contribution in [0.5, 0.6) is 5.75 Å². The summed E-state index contributed by atoms with van der Waals surface area (Å²) in [7, 11) is 0. The number of likely N-dealkylation sites (tertiary alicyclic amines) is 1. The highest BCUT2D eigenvalue weighted by Crippen LogP contribution is 2.29. The van der Waals surface area contributed by atoms with Crippen molar-refractivity contribution in [2.45, 2.75) is 25.0 Å². The molecule has 0 saturated carbocycles. The Kier molecular flexibility index (Phi) is 4.01. The molecule has 0 bridgehead atoms. The summed E-state index contributed by atoms with van der Waals surface area (Å²) in [6, 6.07) is 7.68. The number of nitrogens with zero attached hydrogens (tertiary/aromatic N) is 4. The second-order valence-electron chi connectivity index (χ2n) is 6.61. The average Bonchev–Trinajstić information content (AvgIpc) is 3.14. The number of piperidine rings is 1. The molecular weight excluding hydrogens is 320 g/mol. The summed E-state index contributed by atoms with van der Waals surface area (Å²) in [5.41, 5.74) is 0.728. The molecule has 3 heterocycles. The van der Waals surface area contributed by atoms with Crippen LogP contribution in [0.2, 0.25) is 0 Å². The zero-order valence-corrected chi connectivity index (χ0v) is 13.8. The van der Waals surface area contributed by atoms with Gasteiger partial charge in [0.15, 0.2) is 0 Å². The molecule has 1 amide bonds. The minimum absolute atomic E-state index is 0.0164. The molecule has 1 N–H and O–H groups in total. The van der Waals surface area contributed by atoms with Crippen LogP contribution in [0.1, 0.15) is 18.4 Å². The number of aliphatic hydroxyl groups is 1. The Morgan fingerprint density at radius 2 is 2.08 bits per heavy atom. The number of rotatable bonds is 3. The van der Waals surface area contributed by atoms with Gasteiger partial charge in [0.05, 0.1) is 23.9 Å². The maximum atomic E-state index is 12.8. The number of para-hydroxylation sites is 1. The zero-order chi connectivity index (χ0) is 17.3. The van der Waals surface area contributed by atoms with E-state index in [4.69, 9.17) is 4.74 Å². The predicted octanol–water partition coefficient (Wildman–Crippen LogP) is 1.11. The van der Waals surface area contributed by atoms with E-state index in [0.29, 0.717) is 38.0 Å². The number of ether oxygens (including phenoxy) is 1. The standard InChI is InChI=1S/C18H20N4O3/c23-17(15-11-14-3-1-2-4-16(14)25-12-15)21-8-5-18(24,6-9-21)13-22-10-7-19-20-22/h1-4,7,10-11,24H,5-6,8-9,12-13H2. The monoisotopic (exact) mass is 340 g/mol. The van der Waals surface area contributed by atoms with Crippen molar-refractivity contribution < 1.29 is 14.6 Å². The van der Waals surface area contributed by atoms with Gasteiger partial charge in [-0.2, -0.15) is 0 Å². The van der Waals surface area contributed by atoms with Crippen molar-refractivity contribution in [1.82, 2.24) is 19.9 Å². The van der Waals surface area contributed by atoms with Crippen molar-refractivity contribution in [3.63, 3.8) is 0 Å². The fourth-order valence-corrected chi connectivity index (χ4v) is 3.35. The molecule has 1 aromatic heterocycles. The van der Waals surface area contributed by atoms with Crippen molar-refractivity contribution in [2.24, 2.45) is 0 Å². The summed E-state index contributed by atoms with van der Waals surface area (Å²) in [6.07, 6.45) is 6.26. The van der Waals surface area contributed by atoms with E-state index in [0.717, 1.165) is 11.3 Å². The van der Waals surface area contributed by atoms with Crippen molar-refractivity contribution >= 4 is 12.0 Å². The third kappa shape index (κ3) is 3.28. The van der Waals surface area contributed by atoms with Crippen LogP contribution in [0.4, 0.5) is 0 Å². The second kappa shape index (κ2) is 6.33. The average molecular weight is 340 g/mol. The van der Waals surface area contributed by atoms with Gasteiger partial charge in [-0.25, -0.2) is 4.68 Å². The van der Waals surface area contributed by atoms with Gasteiger partial charge in [0, 0.05) is 24.8 Å². The lowest BCUT2D eigenvalue weighted by molar-refractivity contribution is -0.132. The van der Waals surface area contributed by atoms with Crippen molar-refractivity contribution in [3.8, 4) is 5.75 Å². The molecule has 0 aliphatic carbocycles. The van der Waals surface area contributed by atoms with Gasteiger partial charge in [-0.05, 0) is 25.0 Å². The summed E-state index contributed by atoms with van der Waals surface area (Å²) in [6.45, 7) is 1.72. The number of amides is 1. The van der Waals surface area contributed by atoms with Gasteiger partial charge in [0.1, 0.15) is 12.4 Å². The Balaban J connectivity index is 1.41. The molecule has 2 aliphatic rings. The smallest absolute Gasteiger partial charge is 0.253 e. The maximum absolute atomic E-state index is 12.8. The molecule has 7 nitrogen and oxygen atoms in total. The topological polar surface area (TPSA) is 80.5 Å². The summed E-state index contributed by atoms with van der Waals surface area (Å²) in [5, 5.41) is 18.4. The molecule has 2 aromatic rings. The highest BCUT2D eigenvalue weighted by atomic mass is 16.5. The van der Waals surface area contributed by atoms with E-state index >= 15 is 0 Å². The largest absolute Gasteiger partial charge is 0.488 e. The van der Waals surface area contributed by atoms with Gasteiger partial charge < -0.3 is 14.7 Å². The van der Waals surface area contributed by atoms with Crippen molar-refractivity contribution in [3.05, 3.63) is 47.8 Å². The SMILES string of the molecule is O=C(C1=Cc2ccccc2OC1)N1CCC(O)(Cn2ccnn2)CC1. The first-order valence-electron chi connectivity index (χ1n) is 8.41. The molecule has 1 fully saturated rings. The number of aromatic nitrogens is 3. The fraction of sp³-hybridized carbons (Fsp3) is 0.389. The lowest BCUT2D eigenvalue weighted by Gasteiger charge is -2.38. The molecular formula is C18H20N4O3. The van der Waals surface area contributed by atoms with E-state index in [1.54, 1.807) is 22.0 Å². The molecule has 25 heavy (non-hydrogen) atoms. The van der Waals surface area contributed by atoms with E-state index in [1.807, 2.05) is 30.3 Å². The number of hydrogen-bond donors (Lipinski definition) is 1. The number of fused-ring (bicyclic) bond motifs is 1. The molecule has 0 unspecified atom stereocenters. The number of hydrogen-bond acceptors (Lipinski definition) is 5. The number of benzene rings is 1. The van der Waals surface area contributed by atoms with E-state index in [-0.39, 0.29) is 12.5 Å². The molecule has 130 valence electrons. The van der Waals surface area contributed by atoms with Crippen LogP contribution in [0, 0.1) is 0 Å². The van der Waals surface area contributed by atoms with Crippen LogP contribution in [0.15, 0.2) is 42.2 Å². The summed E-state index contributed by atoms with van der Waals surface area (Å²) in [4.78, 5) is 14.6. The second-order valence-corrected chi connectivity index (χ2v) is 6.61. The van der Waals surface area contributed by atoms with Gasteiger partial charge in [0.2, 0.25) is 0 Å². The summed E-state index contributed by atoms with van der Waals surface area (Å²) < 4.78 is 7.31. The molecule has 0 radical (unpaired) electrons. The van der Waals surface area contributed by atoms with Crippen LogP contribution in [-0.4, -0.2) is 56.2 Å². The predicted molar refractivity (Wildman–Crippen MR) is 90.7 cm³/mol. The fourth-order valence-electron chi connectivity index (χ4n) is 3.35. The molecule has 1 saturated heterocycles. The van der Waals surface area contributed by atoms with Crippen molar-refractivity contribution in [2.75, 3.05) is 19.7 Å². The van der Waals surface area contributed by atoms with Crippen LogP contribution < -0.4 is 4.74 Å². The van der Waals surface area contributed by atoms with Gasteiger partial charge in [-0.1, -0.05) is 23.4 Å². The molecule has 1 aromatic carbocycles. The lowest BCUT2D eigenvalue weighted by Crippen LogP contribution is -2.49.